The molecule has 24 heavy (non-hydrogen) atoms. The normalized spacial score (nSPS) is 13.4. The molecule has 6 heteroatoms. The van der Waals surface area contributed by atoms with Crippen LogP contribution in [0.15, 0.2) is 42.7 Å². The van der Waals surface area contributed by atoms with Gasteiger partial charge in [-0.1, -0.05) is 12.1 Å². The number of carbonyl (C=O) groups excluding carboxylic acids is 2. The molecule has 2 amide bonds. The number of hydrogen-bond acceptors (Lipinski definition) is 4. The lowest BCUT2D eigenvalue weighted by atomic mass is 10.1. The minimum absolute atomic E-state index is 0.0414. The highest BCUT2D eigenvalue weighted by Gasteiger charge is 2.23. The third-order valence-corrected chi connectivity index (χ3v) is 3.87. The van der Waals surface area contributed by atoms with E-state index in [1.54, 1.807) is 19.2 Å². The van der Waals surface area contributed by atoms with Crippen molar-refractivity contribution < 1.29 is 14.7 Å². The second kappa shape index (κ2) is 6.70. The summed E-state index contributed by atoms with van der Waals surface area (Å²) >= 11 is 0. The minimum Gasteiger partial charge on any atom is -0.506 e. The molecule has 0 radical (unpaired) electrons. The highest BCUT2D eigenvalue weighted by Crippen LogP contribution is 2.19. The van der Waals surface area contributed by atoms with Crippen LogP contribution in [0.25, 0.3) is 0 Å². The number of aromatic nitrogens is 1. The Morgan fingerprint density at radius 2 is 1.92 bits per heavy atom. The molecule has 3 rings (SSSR count). The maximum atomic E-state index is 12.3. The molecule has 6 nitrogen and oxygen atoms in total. The molecule has 1 aliphatic carbocycles. The molecule has 0 saturated heterocycles. The zero-order valence-electron chi connectivity index (χ0n) is 13.4. The predicted octanol–water partition coefficient (Wildman–Crippen LogP) is 1.95. The van der Waals surface area contributed by atoms with Gasteiger partial charge in [0.1, 0.15) is 5.75 Å². The summed E-state index contributed by atoms with van der Waals surface area (Å²) < 4.78 is 0. The highest BCUT2D eigenvalue weighted by atomic mass is 16.3. The molecule has 1 heterocycles. The van der Waals surface area contributed by atoms with E-state index >= 15 is 0 Å². The van der Waals surface area contributed by atoms with Gasteiger partial charge < -0.3 is 15.3 Å². The first kappa shape index (κ1) is 16.0. The summed E-state index contributed by atoms with van der Waals surface area (Å²) in [4.78, 5) is 29.6. The molecule has 1 aliphatic rings. The minimum atomic E-state index is -0.228. The van der Waals surface area contributed by atoms with Crippen LogP contribution in [0.5, 0.6) is 5.75 Å². The smallest absolute Gasteiger partial charge is 0.255 e. The van der Waals surface area contributed by atoms with Gasteiger partial charge in [-0.15, -0.1) is 0 Å². The second-order valence-electron chi connectivity index (χ2n) is 6.04. The quantitative estimate of drug-likeness (QED) is 0.880. The summed E-state index contributed by atoms with van der Waals surface area (Å²) in [5, 5.41) is 12.4. The van der Waals surface area contributed by atoms with Crippen molar-refractivity contribution in [2.45, 2.75) is 25.4 Å². The zero-order chi connectivity index (χ0) is 17.1. The second-order valence-corrected chi connectivity index (χ2v) is 6.04. The van der Waals surface area contributed by atoms with Crippen molar-refractivity contribution in [2.75, 3.05) is 7.05 Å². The van der Waals surface area contributed by atoms with Gasteiger partial charge in [-0.2, -0.15) is 0 Å². The van der Waals surface area contributed by atoms with Crippen molar-refractivity contribution in [3.63, 3.8) is 0 Å². The number of aromatic hydroxyl groups is 1. The number of nitrogens with one attached hydrogen (secondary N) is 1. The van der Waals surface area contributed by atoms with Gasteiger partial charge in [-0.05, 0) is 36.6 Å². The summed E-state index contributed by atoms with van der Waals surface area (Å²) in [7, 11) is 1.68. The molecule has 124 valence electrons. The Balaban J connectivity index is 1.62. The van der Waals surface area contributed by atoms with Crippen molar-refractivity contribution in [1.82, 2.24) is 15.2 Å². The fraction of sp³-hybridized carbons (Fsp3) is 0.278. The Labute approximate surface area is 140 Å². The topological polar surface area (TPSA) is 82.5 Å². The molecule has 2 aromatic rings. The van der Waals surface area contributed by atoms with E-state index < -0.39 is 0 Å². The molecule has 1 fully saturated rings. The van der Waals surface area contributed by atoms with E-state index in [9.17, 15) is 14.7 Å². The Kier molecular flexibility index (Phi) is 4.46. The van der Waals surface area contributed by atoms with Crippen LogP contribution in [0.2, 0.25) is 0 Å². The monoisotopic (exact) mass is 325 g/mol. The van der Waals surface area contributed by atoms with Crippen molar-refractivity contribution in [3.8, 4) is 5.75 Å². The molecule has 1 aromatic heterocycles. The van der Waals surface area contributed by atoms with Gasteiger partial charge in [0.05, 0.1) is 11.8 Å². The van der Waals surface area contributed by atoms with E-state index in [1.807, 2.05) is 12.1 Å². The standard InChI is InChI=1S/C18H19N3O3/c1-21(18(24)14-8-16(22)10-19-9-14)11-12-2-4-13(5-3-12)17(23)20-15-6-7-15/h2-5,8-10,15,22H,6-7,11H2,1H3,(H,20,23). The van der Waals surface area contributed by atoms with Crippen LogP contribution in [0, 0.1) is 0 Å². The summed E-state index contributed by atoms with van der Waals surface area (Å²) in [5.74, 6) is -0.325. The van der Waals surface area contributed by atoms with Crippen molar-refractivity contribution in [3.05, 3.63) is 59.4 Å². The molecule has 0 spiro atoms. The fourth-order valence-corrected chi connectivity index (χ4v) is 2.37. The zero-order valence-corrected chi connectivity index (χ0v) is 13.4. The Morgan fingerprint density at radius 3 is 2.54 bits per heavy atom. The first-order chi connectivity index (χ1) is 11.5. The predicted molar refractivity (Wildman–Crippen MR) is 88.6 cm³/mol. The SMILES string of the molecule is CN(Cc1ccc(C(=O)NC2CC2)cc1)C(=O)c1cncc(O)c1. The summed E-state index contributed by atoms with van der Waals surface area (Å²) in [6.07, 6.45) is 4.81. The molecule has 0 bridgehead atoms. The number of benzene rings is 1. The third-order valence-electron chi connectivity index (χ3n) is 3.87. The van der Waals surface area contributed by atoms with Gasteiger partial charge in [-0.25, -0.2) is 0 Å². The molecule has 0 aliphatic heterocycles. The van der Waals surface area contributed by atoms with E-state index in [0.29, 0.717) is 23.7 Å². The van der Waals surface area contributed by atoms with E-state index in [4.69, 9.17) is 0 Å². The van der Waals surface area contributed by atoms with Crippen LogP contribution in [-0.2, 0) is 6.54 Å². The Morgan fingerprint density at radius 1 is 1.21 bits per heavy atom. The molecule has 1 aromatic carbocycles. The summed E-state index contributed by atoms with van der Waals surface area (Å²) in [6.45, 7) is 0.402. The van der Waals surface area contributed by atoms with Gasteiger partial charge in [0.2, 0.25) is 0 Å². The number of rotatable bonds is 5. The lowest BCUT2D eigenvalue weighted by Gasteiger charge is -2.17. The van der Waals surface area contributed by atoms with Crippen LogP contribution in [0.1, 0.15) is 39.1 Å². The number of nitrogens with zero attached hydrogens (tertiary/aromatic N) is 2. The van der Waals surface area contributed by atoms with Gasteiger partial charge in [-0.3, -0.25) is 14.6 Å². The van der Waals surface area contributed by atoms with Gasteiger partial charge in [0.25, 0.3) is 11.8 Å². The number of amides is 2. The fourth-order valence-electron chi connectivity index (χ4n) is 2.37. The van der Waals surface area contributed by atoms with Gasteiger partial charge in [0.15, 0.2) is 0 Å². The average Bonchev–Trinajstić information content (AvgIpc) is 3.38. The van der Waals surface area contributed by atoms with Crippen molar-refractivity contribution in [1.29, 1.82) is 0 Å². The lowest BCUT2D eigenvalue weighted by molar-refractivity contribution is 0.0783. The highest BCUT2D eigenvalue weighted by molar-refractivity contribution is 5.95. The van der Waals surface area contributed by atoms with E-state index in [-0.39, 0.29) is 17.6 Å². The van der Waals surface area contributed by atoms with Crippen LogP contribution >= 0.6 is 0 Å². The maximum absolute atomic E-state index is 12.3. The Hall–Kier alpha value is -2.89. The van der Waals surface area contributed by atoms with E-state index in [1.165, 1.54) is 23.4 Å². The third kappa shape index (κ3) is 3.90. The molecule has 0 unspecified atom stereocenters. The van der Waals surface area contributed by atoms with Gasteiger partial charge >= 0.3 is 0 Å². The molecule has 1 saturated carbocycles. The van der Waals surface area contributed by atoms with Crippen LogP contribution in [0.3, 0.4) is 0 Å². The largest absolute Gasteiger partial charge is 0.506 e. The van der Waals surface area contributed by atoms with Crippen LogP contribution < -0.4 is 5.32 Å². The lowest BCUT2D eigenvalue weighted by Crippen LogP contribution is -2.27. The van der Waals surface area contributed by atoms with Gasteiger partial charge in [0, 0.05) is 31.4 Å². The molecule has 0 atom stereocenters. The molecular formula is C18H19N3O3. The Bertz CT molecular complexity index is 754. The first-order valence-corrected chi connectivity index (χ1v) is 7.82. The van der Waals surface area contributed by atoms with Crippen LogP contribution in [-0.4, -0.2) is 39.9 Å². The average molecular weight is 325 g/mol. The number of hydrogen-bond donors (Lipinski definition) is 2. The summed E-state index contributed by atoms with van der Waals surface area (Å²) in [5.41, 5.74) is 1.87. The molecular weight excluding hydrogens is 306 g/mol. The first-order valence-electron chi connectivity index (χ1n) is 7.82. The maximum Gasteiger partial charge on any atom is 0.255 e. The van der Waals surface area contributed by atoms with E-state index in [2.05, 4.69) is 10.3 Å². The van der Waals surface area contributed by atoms with Crippen LogP contribution in [0.4, 0.5) is 0 Å². The van der Waals surface area contributed by atoms with Crippen molar-refractivity contribution in [2.24, 2.45) is 0 Å². The number of carbonyl (C=O) groups is 2. The summed E-state index contributed by atoms with van der Waals surface area (Å²) in [6, 6.07) is 8.93. The molecule has 2 N–H and O–H groups in total. The van der Waals surface area contributed by atoms with E-state index in [0.717, 1.165) is 18.4 Å². The van der Waals surface area contributed by atoms with Crippen molar-refractivity contribution >= 4 is 11.8 Å². The number of pyridine rings is 1.